The minimum Gasteiger partial charge on any atom is -0.352 e. The number of amides is 1. The third-order valence-corrected chi connectivity index (χ3v) is 5.59. The molecule has 1 amide bonds. The Hall–Kier alpha value is -3.07. The number of benzene rings is 1. The highest BCUT2D eigenvalue weighted by atomic mass is 16.5. The van der Waals surface area contributed by atoms with Gasteiger partial charge in [0, 0.05) is 39.0 Å². The van der Waals surface area contributed by atoms with Crippen LogP contribution in [0.5, 0.6) is 0 Å². The molecule has 0 bridgehead atoms. The molecule has 1 aliphatic heterocycles. The summed E-state index contributed by atoms with van der Waals surface area (Å²) in [5.41, 5.74) is 2.44. The SMILES string of the molecule is C[C@@H]1C[C@H](C)CN(Cc2ccccc2CNC(=O)CCc2nc(-c3ncn[nH]3)no2)C1. The quantitative estimate of drug-likeness (QED) is 0.572. The van der Waals surface area contributed by atoms with E-state index in [-0.39, 0.29) is 12.3 Å². The average Bonchev–Trinajstić information content (AvgIpc) is 3.42. The molecule has 3 heterocycles. The van der Waals surface area contributed by atoms with E-state index in [0.717, 1.165) is 37.0 Å². The Kier molecular flexibility index (Phi) is 6.71. The van der Waals surface area contributed by atoms with E-state index in [1.165, 1.54) is 18.3 Å². The Morgan fingerprint density at radius 3 is 2.74 bits per heavy atom. The van der Waals surface area contributed by atoms with Gasteiger partial charge in [0.2, 0.25) is 17.6 Å². The molecule has 164 valence electrons. The van der Waals surface area contributed by atoms with Gasteiger partial charge in [0.15, 0.2) is 5.82 Å². The van der Waals surface area contributed by atoms with Gasteiger partial charge in [-0.25, -0.2) is 4.98 Å². The van der Waals surface area contributed by atoms with Gasteiger partial charge in [-0.15, -0.1) is 0 Å². The number of aromatic nitrogens is 5. The Morgan fingerprint density at radius 1 is 1.23 bits per heavy atom. The first-order valence-corrected chi connectivity index (χ1v) is 10.8. The van der Waals surface area contributed by atoms with Crippen molar-refractivity contribution in [3.8, 4) is 11.6 Å². The second kappa shape index (κ2) is 9.82. The summed E-state index contributed by atoms with van der Waals surface area (Å²) in [6, 6.07) is 8.35. The molecule has 31 heavy (non-hydrogen) atoms. The van der Waals surface area contributed by atoms with Crippen LogP contribution in [0.3, 0.4) is 0 Å². The number of rotatable bonds is 8. The number of hydrogen-bond donors (Lipinski definition) is 2. The molecule has 1 fully saturated rings. The lowest BCUT2D eigenvalue weighted by molar-refractivity contribution is -0.121. The van der Waals surface area contributed by atoms with Crippen LogP contribution in [0.1, 0.15) is 43.7 Å². The lowest BCUT2D eigenvalue weighted by Gasteiger charge is -2.35. The molecular weight excluding hydrogens is 394 g/mol. The minimum absolute atomic E-state index is 0.0468. The number of aromatic amines is 1. The molecule has 1 aliphatic rings. The van der Waals surface area contributed by atoms with E-state index in [1.54, 1.807) is 0 Å². The summed E-state index contributed by atoms with van der Waals surface area (Å²) in [4.78, 5) is 23.1. The maximum atomic E-state index is 12.4. The fraction of sp³-hybridized carbons (Fsp3) is 0.500. The smallest absolute Gasteiger partial charge is 0.239 e. The van der Waals surface area contributed by atoms with Gasteiger partial charge in [-0.3, -0.25) is 14.8 Å². The number of piperidine rings is 1. The summed E-state index contributed by atoms with van der Waals surface area (Å²) < 4.78 is 5.19. The Balaban J connectivity index is 1.27. The first kappa shape index (κ1) is 21.2. The van der Waals surface area contributed by atoms with E-state index < -0.39 is 0 Å². The predicted molar refractivity (Wildman–Crippen MR) is 115 cm³/mol. The van der Waals surface area contributed by atoms with Gasteiger partial charge < -0.3 is 9.84 Å². The minimum atomic E-state index is -0.0468. The number of carbonyl (C=O) groups is 1. The Labute approximate surface area is 181 Å². The number of H-pyrrole nitrogens is 1. The molecule has 0 saturated carbocycles. The van der Waals surface area contributed by atoms with E-state index in [0.29, 0.717) is 30.5 Å². The second-order valence-electron chi connectivity index (χ2n) is 8.53. The van der Waals surface area contributed by atoms with Gasteiger partial charge in [-0.05, 0) is 29.4 Å². The summed E-state index contributed by atoms with van der Waals surface area (Å²) in [7, 11) is 0. The van der Waals surface area contributed by atoms with Crippen LogP contribution in [0.25, 0.3) is 11.6 Å². The van der Waals surface area contributed by atoms with Crippen LogP contribution < -0.4 is 5.32 Å². The van der Waals surface area contributed by atoms with Gasteiger partial charge >= 0.3 is 0 Å². The lowest BCUT2D eigenvalue weighted by atomic mass is 9.91. The molecule has 2 N–H and O–H groups in total. The van der Waals surface area contributed by atoms with Crippen LogP contribution in [-0.2, 0) is 24.3 Å². The van der Waals surface area contributed by atoms with E-state index in [9.17, 15) is 4.79 Å². The van der Waals surface area contributed by atoms with Crippen molar-refractivity contribution in [2.45, 2.75) is 46.2 Å². The zero-order chi connectivity index (χ0) is 21.6. The molecule has 0 unspecified atom stereocenters. The maximum Gasteiger partial charge on any atom is 0.239 e. The molecule has 4 rings (SSSR count). The van der Waals surface area contributed by atoms with Gasteiger partial charge in [0.25, 0.3) is 0 Å². The second-order valence-corrected chi connectivity index (χ2v) is 8.53. The molecule has 2 aromatic heterocycles. The number of carbonyl (C=O) groups excluding carboxylic acids is 1. The van der Waals surface area contributed by atoms with Gasteiger partial charge in [-0.2, -0.15) is 10.1 Å². The Morgan fingerprint density at radius 2 is 2.00 bits per heavy atom. The van der Waals surface area contributed by atoms with Gasteiger partial charge in [0.05, 0.1) is 0 Å². The molecule has 9 heteroatoms. The standard InChI is InChI=1S/C22H29N7O2/c1-15-9-16(2)12-29(11-15)13-18-6-4-3-5-17(18)10-23-19(30)7-8-20-26-22(28-31-20)21-24-14-25-27-21/h3-6,14-16H,7-13H2,1-2H3,(H,23,30)(H,24,25,27)/t15-,16+. The van der Waals surface area contributed by atoms with Crippen LogP contribution in [0.4, 0.5) is 0 Å². The van der Waals surface area contributed by atoms with Crippen molar-refractivity contribution in [1.29, 1.82) is 0 Å². The summed E-state index contributed by atoms with van der Waals surface area (Å²) in [6.07, 6.45) is 3.33. The first-order chi connectivity index (χ1) is 15.1. The number of aryl methyl sites for hydroxylation is 1. The third-order valence-electron chi connectivity index (χ3n) is 5.59. The van der Waals surface area contributed by atoms with Gasteiger partial charge in [0.1, 0.15) is 6.33 Å². The monoisotopic (exact) mass is 423 g/mol. The summed E-state index contributed by atoms with van der Waals surface area (Å²) in [6.45, 7) is 8.35. The fourth-order valence-electron chi connectivity index (χ4n) is 4.31. The molecule has 0 radical (unpaired) electrons. The number of hydrogen-bond acceptors (Lipinski definition) is 7. The fourth-order valence-corrected chi connectivity index (χ4v) is 4.31. The summed E-state index contributed by atoms with van der Waals surface area (Å²) in [5, 5.41) is 13.3. The van der Waals surface area contributed by atoms with E-state index in [4.69, 9.17) is 4.52 Å². The first-order valence-electron chi connectivity index (χ1n) is 10.8. The molecule has 1 saturated heterocycles. The van der Waals surface area contributed by atoms with Crippen molar-refractivity contribution in [3.63, 3.8) is 0 Å². The maximum absolute atomic E-state index is 12.4. The predicted octanol–water partition coefficient (Wildman–Crippen LogP) is 2.58. The summed E-state index contributed by atoms with van der Waals surface area (Å²) >= 11 is 0. The van der Waals surface area contributed by atoms with Crippen molar-refractivity contribution in [3.05, 3.63) is 47.6 Å². The topological polar surface area (TPSA) is 113 Å². The van der Waals surface area contributed by atoms with Crippen molar-refractivity contribution >= 4 is 5.91 Å². The number of nitrogens with one attached hydrogen (secondary N) is 2. The average molecular weight is 424 g/mol. The van der Waals surface area contributed by atoms with Crippen LogP contribution in [-0.4, -0.2) is 49.2 Å². The highest BCUT2D eigenvalue weighted by Crippen LogP contribution is 2.23. The molecule has 3 aromatic rings. The van der Waals surface area contributed by atoms with Crippen LogP contribution in [0.15, 0.2) is 35.1 Å². The zero-order valence-corrected chi connectivity index (χ0v) is 18.0. The molecule has 2 atom stereocenters. The largest absolute Gasteiger partial charge is 0.352 e. The van der Waals surface area contributed by atoms with Crippen molar-refractivity contribution in [2.24, 2.45) is 11.8 Å². The van der Waals surface area contributed by atoms with Crippen molar-refractivity contribution in [2.75, 3.05) is 13.1 Å². The van der Waals surface area contributed by atoms with E-state index >= 15 is 0 Å². The van der Waals surface area contributed by atoms with Gasteiger partial charge in [-0.1, -0.05) is 43.3 Å². The highest BCUT2D eigenvalue weighted by Gasteiger charge is 2.22. The highest BCUT2D eigenvalue weighted by molar-refractivity contribution is 5.76. The van der Waals surface area contributed by atoms with Crippen molar-refractivity contribution < 1.29 is 9.32 Å². The normalized spacial score (nSPS) is 19.4. The van der Waals surface area contributed by atoms with Crippen LogP contribution in [0, 0.1) is 11.8 Å². The third kappa shape index (κ3) is 5.75. The molecule has 9 nitrogen and oxygen atoms in total. The number of likely N-dealkylation sites (tertiary alicyclic amines) is 1. The molecule has 1 aromatic carbocycles. The molecule has 0 aliphatic carbocycles. The van der Waals surface area contributed by atoms with E-state index in [1.807, 2.05) is 6.07 Å². The Bertz CT molecular complexity index is 975. The zero-order valence-electron chi connectivity index (χ0n) is 18.0. The van der Waals surface area contributed by atoms with Crippen LogP contribution in [0.2, 0.25) is 0 Å². The molecule has 0 spiro atoms. The molecular formula is C22H29N7O2. The van der Waals surface area contributed by atoms with Crippen molar-refractivity contribution in [1.82, 2.24) is 35.5 Å². The lowest BCUT2D eigenvalue weighted by Crippen LogP contribution is -2.38. The number of nitrogens with zero attached hydrogens (tertiary/aromatic N) is 5. The van der Waals surface area contributed by atoms with Crippen LogP contribution >= 0.6 is 0 Å². The van der Waals surface area contributed by atoms with E-state index in [2.05, 4.69) is 67.6 Å². The summed E-state index contributed by atoms with van der Waals surface area (Å²) in [5.74, 6) is 2.58.